The number of halogens is 1. The SMILES string of the molecule is CCOc1ccc(-c2ncccn2)c(Br)c1OCC. The molecule has 19 heavy (non-hydrogen) atoms. The van der Waals surface area contributed by atoms with Crippen molar-refractivity contribution in [1.82, 2.24) is 9.97 Å². The molecule has 0 spiro atoms. The average Bonchev–Trinajstić information content (AvgIpc) is 2.44. The van der Waals surface area contributed by atoms with Crippen LogP contribution in [0.4, 0.5) is 0 Å². The van der Waals surface area contributed by atoms with E-state index < -0.39 is 0 Å². The molecule has 1 aromatic heterocycles. The van der Waals surface area contributed by atoms with Crippen molar-refractivity contribution in [2.75, 3.05) is 13.2 Å². The fourth-order valence-electron chi connectivity index (χ4n) is 1.70. The minimum Gasteiger partial charge on any atom is -0.490 e. The molecular weight excluding hydrogens is 308 g/mol. The van der Waals surface area contributed by atoms with E-state index >= 15 is 0 Å². The van der Waals surface area contributed by atoms with E-state index in [1.54, 1.807) is 18.5 Å². The van der Waals surface area contributed by atoms with Gasteiger partial charge >= 0.3 is 0 Å². The molecule has 0 aliphatic carbocycles. The Hall–Kier alpha value is -1.62. The van der Waals surface area contributed by atoms with Crippen LogP contribution < -0.4 is 9.47 Å². The molecule has 5 heteroatoms. The number of ether oxygens (including phenoxy) is 2. The predicted octanol–water partition coefficient (Wildman–Crippen LogP) is 3.70. The minimum atomic E-state index is 0.567. The van der Waals surface area contributed by atoms with Gasteiger partial charge in [-0.1, -0.05) is 0 Å². The van der Waals surface area contributed by atoms with Crippen LogP contribution in [0.3, 0.4) is 0 Å². The van der Waals surface area contributed by atoms with Crippen molar-refractivity contribution in [3.63, 3.8) is 0 Å². The average molecular weight is 323 g/mol. The van der Waals surface area contributed by atoms with Gasteiger partial charge in [0.15, 0.2) is 17.3 Å². The van der Waals surface area contributed by atoms with Gasteiger partial charge < -0.3 is 9.47 Å². The van der Waals surface area contributed by atoms with Crippen molar-refractivity contribution >= 4 is 15.9 Å². The molecule has 0 aliphatic rings. The summed E-state index contributed by atoms with van der Waals surface area (Å²) in [6, 6.07) is 5.59. The number of hydrogen-bond acceptors (Lipinski definition) is 4. The molecule has 4 nitrogen and oxygen atoms in total. The monoisotopic (exact) mass is 322 g/mol. The lowest BCUT2D eigenvalue weighted by atomic mass is 10.2. The Morgan fingerprint density at radius 3 is 2.37 bits per heavy atom. The largest absolute Gasteiger partial charge is 0.490 e. The zero-order chi connectivity index (χ0) is 13.7. The van der Waals surface area contributed by atoms with Gasteiger partial charge in [-0.05, 0) is 48.0 Å². The van der Waals surface area contributed by atoms with E-state index in [0.717, 1.165) is 15.8 Å². The number of benzene rings is 1. The lowest BCUT2D eigenvalue weighted by Crippen LogP contribution is -2.00. The summed E-state index contributed by atoms with van der Waals surface area (Å²) in [5, 5.41) is 0. The second-order valence-electron chi connectivity index (χ2n) is 3.69. The summed E-state index contributed by atoms with van der Waals surface area (Å²) in [7, 11) is 0. The minimum absolute atomic E-state index is 0.567. The van der Waals surface area contributed by atoms with Gasteiger partial charge in [-0.15, -0.1) is 0 Å². The maximum atomic E-state index is 5.66. The van der Waals surface area contributed by atoms with Crippen molar-refractivity contribution in [2.45, 2.75) is 13.8 Å². The van der Waals surface area contributed by atoms with Crippen LogP contribution in [-0.4, -0.2) is 23.2 Å². The van der Waals surface area contributed by atoms with Crippen LogP contribution in [0.5, 0.6) is 11.5 Å². The molecule has 0 amide bonds. The first-order valence-electron chi connectivity index (χ1n) is 6.13. The molecule has 0 unspecified atom stereocenters. The Labute approximate surface area is 120 Å². The standard InChI is InChI=1S/C14H15BrN2O2/c1-3-18-11-7-6-10(12(15)13(11)19-4-2)14-16-8-5-9-17-14/h5-9H,3-4H2,1-2H3. The van der Waals surface area contributed by atoms with Gasteiger partial charge in [-0.3, -0.25) is 0 Å². The van der Waals surface area contributed by atoms with Crippen LogP contribution in [0.2, 0.25) is 0 Å². The second-order valence-corrected chi connectivity index (χ2v) is 4.49. The molecule has 0 saturated heterocycles. The van der Waals surface area contributed by atoms with Crippen LogP contribution in [0.1, 0.15) is 13.8 Å². The smallest absolute Gasteiger partial charge is 0.176 e. The van der Waals surface area contributed by atoms with Crippen molar-refractivity contribution < 1.29 is 9.47 Å². The molecule has 0 saturated carbocycles. The van der Waals surface area contributed by atoms with Crippen LogP contribution in [0.25, 0.3) is 11.4 Å². The van der Waals surface area contributed by atoms with Crippen LogP contribution in [0.15, 0.2) is 35.1 Å². The van der Waals surface area contributed by atoms with Gasteiger partial charge in [0, 0.05) is 18.0 Å². The summed E-state index contributed by atoms with van der Waals surface area (Å²) in [5.74, 6) is 2.06. The number of hydrogen-bond donors (Lipinski definition) is 0. The van der Waals surface area contributed by atoms with E-state index in [-0.39, 0.29) is 0 Å². The maximum Gasteiger partial charge on any atom is 0.176 e. The highest BCUT2D eigenvalue weighted by Crippen LogP contribution is 2.41. The molecule has 0 radical (unpaired) electrons. The zero-order valence-electron chi connectivity index (χ0n) is 10.9. The van der Waals surface area contributed by atoms with E-state index in [9.17, 15) is 0 Å². The predicted molar refractivity (Wildman–Crippen MR) is 77.5 cm³/mol. The molecule has 2 rings (SSSR count). The van der Waals surface area contributed by atoms with E-state index in [0.29, 0.717) is 24.8 Å². The lowest BCUT2D eigenvalue weighted by Gasteiger charge is -2.14. The fourth-order valence-corrected chi connectivity index (χ4v) is 2.32. The molecule has 0 aliphatic heterocycles. The van der Waals surface area contributed by atoms with Crippen molar-refractivity contribution in [1.29, 1.82) is 0 Å². The summed E-state index contributed by atoms with van der Waals surface area (Å²) in [6.07, 6.45) is 3.43. The number of nitrogens with zero attached hydrogens (tertiary/aromatic N) is 2. The third kappa shape index (κ3) is 3.04. The van der Waals surface area contributed by atoms with Gasteiger partial charge in [0.25, 0.3) is 0 Å². The number of aromatic nitrogens is 2. The van der Waals surface area contributed by atoms with Crippen molar-refractivity contribution in [3.05, 3.63) is 35.1 Å². The lowest BCUT2D eigenvalue weighted by molar-refractivity contribution is 0.286. The molecular formula is C14H15BrN2O2. The Bertz CT molecular complexity index is 547. The maximum absolute atomic E-state index is 5.66. The molecule has 0 bridgehead atoms. The first kappa shape index (κ1) is 13.8. The zero-order valence-corrected chi connectivity index (χ0v) is 12.5. The molecule has 1 aromatic carbocycles. The molecule has 2 aromatic rings. The summed E-state index contributed by atoms with van der Waals surface area (Å²) in [6.45, 7) is 5.04. The molecule has 0 N–H and O–H groups in total. The molecule has 0 atom stereocenters. The Balaban J connectivity index is 2.50. The summed E-state index contributed by atoms with van der Waals surface area (Å²) in [5.41, 5.74) is 0.882. The van der Waals surface area contributed by atoms with Crippen LogP contribution in [-0.2, 0) is 0 Å². The van der Waals surface area contributed by atoms with Gasteiger partial charge in [0.2, 0.25) is 0 Å². The van der Waals surface area contributed by atoms with Gasteiger partial charge in [0.05, 0.1) is 17.7 Å². The van der Waals surface area contributed by atoms with Crippen LogP contribution in [0, 0.1) is 0 Å². The van der Waals surface area contributed by atoms with E-state index in [1.807, 2.05) is 26.0 Å². The normalized spacial score (nSPS) is 10.3. The van der Waals surface area contributed by atoms with E-state index in [2.05, 4.69) is 25.9 Å². The first-order chi connectivity index (χ1) is 9.27. The second kappa shape index (κ2) is 6.52. The van der Waals surface area contributed by atoms with Crippen molar-refractivity contribution in [2.24, 2.45) is 0 Å². The van der Waals surface area contributed by atoms with Crippen LogP contribution >= 0.6 is 15.9 Å². The number of rotatable bonds is 5. The quantitative estimate of drug-likeness (QED) is 0.841. The van der Waals surface area contributed by atoms with Gasteiger partial charge in [-0.25, -0.2) is 9.97 Å². The fraction of sp³-hybridized carbons (Fsp3) is 0.286. The highest BCUT2D eigenvalue weighted by atomic mass is 79.9. The highest BCUT2D eigenvalue weighted by Gasteiger charge is 2.16. The highest BCUT2D eigenvalue weighted by molar-refractivity contribution is 9.10. The summed E-state index contributed by atoms with van der Waals surface area (Å²) < 4.78 is 12.0. The topological polar surface area (TPSA) is 44.2 Å². The third-order valence-electron chi connectivity index (χ3n) is 2.46. The molecule has 0 fully saturated rings. The van der Waals surface area contributed by atoms with Crippen molar-refractivity contribution in [3.8, 4) is 22.9 Å². The van der Waals surface area contributed by atoms with Gasteiger partial charge in [-0.2, -0.15) is 0 Å². The third-order valence-corrected chi connectivity index (χ3v) is 3.24. The summed E-state index contributed by atoms with van der Waals surface area (Å²) >= 11 is 3.55. The Morgan fingerprint density at radius 1 is 1.05 bits per heavy atom. The first-order valence-corrected chi connectivity index (χ1v) is 6.92. The molecule has 1 heterocycles. The van der Waals surface area contributed by atoms with E-state index in [1.165, 1.54) is 0 Å². The van der Waals surface area contributed by atoms with E-state index in [4.69, 9.17) is 9.47 Å². The van der Waals surface area contributed by atoms with Gasteiger partial charge in [0.1, 0.15) is 0 Å². The Kier molecular flexibility index (Phi) is 4.74. The summed E-state index contributed by atoms with van der Waals surface area (Å²) in [4.78, 5) is 8.50. The molecule has 100 valence electrons. The Morgan fingerprint density at radius 2 is 1.74 bits per heavy atom.